The average Bonchev–Trinajstić information content (AvgIpc) is 2.98. The van der Waals surface area contributed by atoms with Gasteiger partial charge in [-0.2, -0.15) is 0 Å². The molecule has 42 heavy (non-hydrogen) atoms. The van der Waals surface area contributed by atoms with E-state index in [4.69, 9.17) is 15.9 Å². The van der Waals surface area contributed by atoms with Gasteiger partial charge in [0.25, 0.3) is 7.37 Å². The molecule has 0 aliphatic rings. The van der Waals surface area contributed by atoms with E-state index in [2.05, 4.69) is 5.66 Å². The van der Waals surface area contributed by atoms with Gasteiger partial charge in [-0.3, -0.25) is 14.3 Å². The summed E-state index contributed by atoms with van der Waals surface area (Å²) in [4.78, 5) is 18.2. The summed E-state index contributed by atoms with van der Waals surface area (Å²) in [5.41, 5.74) is 6.47. The Hall–Kier alpha value is -4.08. The molecule has 0 saturated heterocycles. The van der Waals surface area contributed by atoms with Crippen LogP contribution in [0.4, 0.5) is 4.39 Å². The van der Waals surface area contributed by atoms with Crippen molar-refractivity contribution in [2.75, 3.05) is 7.11 Å². The summed E-state index contributed by atoms with van der Waals surface area (Å²) in [6.45, 7) is 4.86. The fourth-order valence-corrected chi connectivity index (χ4v) is 7.30. The summed E-state index contributed by atoms with van der Waals surface area (Å²) >= 11 is 0. The Balaban J connectivity index is 2.16. The van der Waals surface area contributed by atoms with Crippen molar-refractivity contribution < 1.29 is 28.5 Å². The lowest BCUT2D eigenvalue weighted by atomic mass is 9.82. The molecule has 1 aromatic heterocycles. The molecule has 4 aromatic rings. The summed E-state index contributed by atoms with van der Waals surface area (Å²) in [5.74, 6) is -2.51. The molecule has 3 unspecified atom stereocenters. The molecule has 0 saturated carbocycles. The first-order chi connectivity index (χ1) is 20.0. The number of aromatic nitrogens is 1. The van der Waals surface area contributed by atoms with Gasteiger partial charge in [0.1, 0.15) is 5.82 Å². The predicted octanol–water partition coefficient (Wildman–Crippen LogP) is 7.44. The van der Waals surface area contributed by atoms with E-state index in [1.54, 1.807) is 6.07 Å². The van der Waals surface area contributed by atoms with Gasteiger partial charge in [0, 0.05) is 23.9 Å². The smallest absolute Gasteiger partial charge is 0.327 e. The van der Waals surface area contributed by atoms with Crippen molar-refractivity contribution in [3.8, 4) is 34.5 Å². The number of halogens is 1. The van der Waals surface area contributed by atoms with Crippen molar-refractivity contribution >= 4 is 13.3 Å². The number of pyridine rings is 1. The lowest BCUT2D eigenvalue weighted by molar-refractivity contribution is -0.144. The van der Waals surface area contributed by atoms with Crippen LogP contribution in [0.2, 0.25) is 0 Å². The maximum Gasteiger partial charge on any atom is 0.327 e. The van der Waals surface area contributed by atoms with Gasteiger partial charge in [-0.15, -0.1) is 6.42 Å². The number of aliphatic hydroxyl groups excluding tert-OH is 1. The van der Waals surface area contributed by atoms with Crippen molar-refractivity contribution in [1.82, 2.24) is 4.98 Å². The predicted molar refractivity (Wildman–Crippen MR) is 163 cm³/mol. The Kier molecular flexibility index (Phi) is 9.13. The molecular formula is C34H33FNO5P. The van der Waals surface area contributed by atoms with Crippen LogP contribution in [0.25, 0.3) is 22.4 Å². The van der Waals surface area contributed by atoms with Crippen molar-refractivity contribution in [2.24, 2.45) is 0 Å². The van der Waals surface area contributed by atoms with Gasteiger partial charge in [0.15, 0.2) is 0 Å². The molecular weight excluding hydrogens is 552 g/mol. The number of nitrogens with zero attached hydrogens (tertiary/aromatic N) is 1. The third kappa shape index (κ3) is 5.42. The van der Waals surface area contributed by atoms with E-state index in [1.165, 1.54) is 31.2 Å². The molecule has 2 N–H and O–H groups in total. The zero-order chi connectivity index (χ0) is 30.7. The van der Waals surface area contributed by atoms with Crippen LogP contribution >= 0.6 is 7.37 Å². The van der Waals surface area contributed by atoms with Gasteiger partial charge < -0.3 is 14.7 Å². The first-order valence-corrected chi connectivity index (χ1v) is 15.1. The van der Waals surface area contributed by atoms with E-state index in [1.807, 2.05) is 68.4 Å². The van der Waals surface area contributed by atoms with E-state index in [0.29, 0.717) is 23.2 Å². The number of aliphatic carboxylic acids is 1. The molecule has 1 heterocycles. The van der Waals surface area contributed by atoms with Crippen LogP contribution in [0.3, 0.4) is 0 Å². The summed E-state index contributed by atoms with van der Waals surface area (Å²) < 4.78 is 33.5. The van der Waals surface area contributed by atoms with E-state index in [0.717, 1.165) is 23.8 Å². The second kappa shape index (κ2) is 12.4. The highest BCUT2D eigenvalue weighted by atomic mass is 31.2. The number of rotatable bonds is 10. The molecule has 216 valence electrons. The van der Waals surface area contributed by atoms with Crippen LogP contribution in [0.5, 0.6) is 0 Å². The summed E-state index contributed by atoms with van der Waals surface area (Å²) in [7, 11) is -3.49. The highest BCUT2D eigenvalue weighted by Gasteiger charge is 2.62. The third-order valence-electron chi connectivity index (χ3n) is 7.48. The molecule has 6 nitrogen and oxygen atoms in total. The minimum atomic E-state index is -4.56. The molecule has 3 atom stereocenters. The van der Waals surface area contributed by atoms with Gasteiger partial charge >= 0.3 is 5.97 Å². The third-order valence-corrected chi connectivity index (χ3v) is 10.1. The molecule has 0 fully saturated rings. The number of carboxylic acid groups (broad SMARTS) is 1. The normalized spacial score (nSPS) is 14.9. The standard InChI is InChI=1S/C34H33FNO5P/c1-6-42(40,41-5)34(23(4)37,33(38)39)31-29(25-16-18-27(35)19-17-25)21-30(36-32(31)22(2)3)28-15-11-10-14-26(28)20-24-12-8-7-9-13-24/h1,7-19,21-23,37H,20H2,2-5H3,(H,38,39). The largest absolute Gasteiger partial charge is 0.480 e. The highest BCUT2D eigenvalue weighted by molar-refractivity contribution is 7.66. The summed E-state index contributed by atoms with van der Waals surface area (Å²) in [6.07, 6.45) is 4.54. The SMILES string of the molecule is C#CP(=O)(OC)C(C(=O)O)(c1c(-c2ccc(F)cc2)cc(-c2ccccc2Cc2ccccc2)nc1C(C)C)C(C)O. The van der Waals surface area contributed by atoms with Gasteiger partial charge in [0.05, 0.1) is 11.8 Å². The molecule has 4 rings (SSSR count). The second-order valence-electron chi connectivity index (χ2n) is 10.4. The highest BCUT2D eigenvalue weighted by Crippen LogP contribution is 2.67. The maximum absolute atomic E-state index is 14.2. The number of terminal acetylenes is 1. The number of carbonyl (C=O) groups is 1. The number of benzene rings is 3. The van der Waals surface area contributed by atoms with E-state index >= 15 is 0 Å². The van der Waals surface area contributed by atoms with Crippen LogP contribution in [0.15, 0.2) is 84.9 Å². The van der Waals surface area contributed by atoms with Crippen LogP contribution in [0, 0.1) is 17.9 Å². The summed E-state index contributed by atoms with van der Waals surface area (Å²) in [6, 6.07) is 24.9. The minimum Gasteiger partial charge on any atom is -0.480 e. The van der Waals surface area contributed by atoms with Gasteiger partial charge in [-0.1, -0.05) is 80.6 Å². The van der Waals surface area contributed by atoms with Crippen molar-refractivity contribution in [3.05, 3.63) is 113 Å². The zero-order valence-electron chi connectivity index (χ0n) is 23.9. The Morgan fingerprint density at radius 2 is 1.64 bits per heavy atom. The fraction of sp³-hybridized carbons (Fsp3) is 0.235. The Morgan fingerprint density at radius 3 is 2.19 bits per heavy atom. The Bertz CT molecular complexity index is 1680. The fourth-order valence-electron chi connectivity index (χ4n) is 5.43. The van der Waals surface area contributed by atoms with E-state index < -0.39 is 36.3 Å². The first kappa shape index (κ1) is 30.9. The lowest BCUT2D eigenvalue weighted by Gasteiger charge is -2.38. The quantitative estimate of drug-likeness (QED) is 0.148. The molecule has 3 aromatic carbocycles. The monoisotopic (exact) mass is 585 g/mol. The van der Waals surface area contributed by atoms with Crippen LogP contribution < -0.4 is 0 Å². The molecule has 0 amide bonds. The topological polar surface area (TPSA) is 96.7 Å². The number of hydrogen-bond acceptors (Lipinski definition) is 5. The molecule has 0 bridgehead atoms. The lowest BCUT2D eigenvalue weighted by Crippen LogP contribution is -2.46. The molecule has 0 aliphatic carbocycles. The second-order valence-corrected chi connectivity index (χ2v) is 12.8. The van der Waals surface area contributed by atoms with Crippen molar-refractivity contribution in [1.29, 1.82) is 0 Å². The Labute approximate surface area is 245 Å². The average molecular weight is 586 g/mol. The number of aliphatic hydroxyl groups is 1. The zero-order valence-corrected chi connectivity index (χ0v) is 24.8. The molecule has 8 heteroatoms. The van der Waals surface area contributed by atoms with Gasteiger partial charge in [-0.05, 0) is 65.4 Å². The maximum atomic E-state index is 14.2. The summed E-state index contributed by atoms with van der Waals surface area (Å²) in [5, 5.41) is 19.4. The van der Waals surface area contributed by atoms with E-state index in [9.17, 15) is 24.0 Å². The Morgan fingerprint density at radius 1 is 1.02 bits per heavy atom. The van der Waals surface area contributed by atoms with E-state index in [-0.39, 0.29) is 11.3 Å². The van der Waals surface area contributed by atoms with Gasteiger partial charge in [-0.25, -0.2) is 4.39 Å². The van der Waals surface area contributed by atoms with Crippen LogP contribution in [-0.4, -0.2) is 34.4 Å². The molecule has 0 radical (unpaired) electrons. The molecule has 0 aliphatic heterocycles. The van der Waals surface area contributed by atoms with Crippen molar-refractivity contribution in [2.45, 2.75) is 44.4 Å². The number of hydrogen-bond donors (Lipinski definition) is 2. The minimum absolute atomic E-state index is 0.0287. The van der Waals surface area contributed by atoms with Crippen LogP contribution in [0.1, 0.15) is 49.1 Å². The van der Waals surface area contributed by atoms with Crippen molar-refractivity contribution in [3.63, 3.8) is 0 Å². The van der Waals surface area contributed by atoms with Gasteiger partial charge in [0.2, 0.25) is 5.16 Å². The first-order valence-electron chi connectivity index (χ1n) is 13.5. The number of carboxylic acids is 1. The molecule has 0 spiro atoms. The van der Waals surface area contributed by atoms with Crippen LogP contribution in [-0.2, 0) is 25.5 Å².